The second kappa shape index (κ2) is 4.80. The number of hydrogen-bond acceptors (Lipinski definition) is 3. The summed E-state index contributed by atoms with van der Waals surface area (Å²) in [5, 5.41) is 0. The van der Waals surface area contributed by atoms with Crippen LogP contribution in [0.25, 0.3) is 0 Å². The first kappa shape index (κ1) is 12.6. The summed E-state index contributed by atoms with van der Waals surface area (Å²) in [5.74, 6) is 0. The van der Waals surface area contributed by atoms with Gasteiger partial charge in [0.25, 0.3) is 0 Å². The first-order valence-corrected chi connectivity index (χ1v) is 7.39. The van der Waals surface area contributed by atoms with Gasteiger partial charge in [-0.1, -0.05) is 6.42 Å². The number of piperidine rings is 1. The highest BCUT2D eigenvalue weighted by Crippen LogP contribution is 2.25. The molecular weight excluding hydrogens is 238 g/mol. The van der Waals surface area contributed by atoms with E-state index in [4.69, 9.17) is 5.73 Å². The maximum atomic E-state index is 12.4. The molecule has 0 saturated carbocycles. The SMILES string of the molecule is CC1CCCCN1S(=O)(=O)c1c[nH]c(CN)c1. The Morgan fingerprint density at radius 2 is 2.29 bits per heavy atom. The van der Waals surface area contributed by atoms with Gasteiger partial charge in [-0.2, -0.15) is 4.31 Å². The van der Waals surface area contributed by atoms with Crippen molar-refractivity contribution in [2.24, 2.45) is 5.73 Å². The number of nitrogens with one attached hydrogen (secondary N) is 1. The van der Waals surface area contributed by atoms with Crippen LogP contribution in [-0.2, 0) is 16.6 Å². The molecule has 3 N–H and O–H groups in total. The maximum absolute atomic E-state index is 12.4. The minimum atomic E-state index is -3.35. The zero-order valence-corrected chi connectivity index (χ0v) is 10.8. The van der Waals surface area contributed by atoms with E-state index < -0.39 is 10.0 Å². The van der Waals surface area contributed by atoms with Crippen LogP contribution < -0.4 is 5.73 Å². The lowest BCUT2D eigenvalue weighted by atomic mass is 10.1. The van der Waals surface area contributed by atoms with Gasteiger partial charge >= 0.3 is 0 Å². The van der Waals surface area contributed by atoms with E-state index in [0.717, 1.165) is 25.0 Å². The summed E-state index contributed by atoms with van der Waals surface area (Å²) in [6.45, 7) is 2.91. The number of nitrogens with two attached hydrogens (primary N) is 1. The molecule has 6 heteroatoms. The van der Waals surface area contributed by atoms with E-state index in [9.17, 15) is 8.42 Å². The van der Waals surface area contributed by atoms with Crippen LogP contribution in [0.1, 0.15) is 31.9 Å². The van der Waals surface area contributed by atoms with Gasteiger partial charge in [0, 0.05) is 31.0 Å². The van der Waals surface area contributed by atoms with Crippen molar-refractivity contribution >= 4 is 10.0 Å². The highest BCUT2D eigenvalue weighted by Gasteiger charge is 2.31. The smallest absolute Gasteiger partial charge is 0.244 e. The third-order valence-electron chi connectivity index (χ3n) is 3.28. The topological polar surface area (TPSA) is 79.2 Å². The van der Waals surface area contributed by atoms with Gasteiger partial charge in [-0.3, -0.25) is 0 Å². The van der Waals surface area contributed by atoms with Crippen molar-refractivity contribution in [3.63, 3.8) is 0 Å². The third kappa shape index (κ3) is 2.38. The van der Waals surface area contributed by atoms with E-state index in [0.29, 0.717) is 18.0 Å². The fourth-order valence-electron chi connectivity index (χ4n) is 2.25. The van der Waals surface area contributed by atoms with Crippen molar-refractivity contribution < 1.29 is 8.42 Å². The maximum Gasteiger partial charge on any atom is 0.244 e. The molecule has 1 aromatic rings. The third-order valence-corrected chi connectivity index (χ3v) is 5.28. The minimum Gasteiger partial charge on any atom is -0.363 e. The molecule has 1 saturated heterocycles. The van der Waals surface area contributed by atoms with Crippen molar-refractivity contribution in [3.05, 3.63) is 18.0 Å². The number of nitrogens with zero attached hydrogens (tertiary/aromatic N) is 1. The molecule has 2 heterocycles. The molecule has 0 bridgehead atoms. The second-order valence-electron chi connectivity index (χ2n) is 4.53. The van der Waals surface area contributed by atoms with Crippen LogP contribution in [0.5, 0.6) is 0 Å². The number of sulfonamides is 1. The molecule has 0 aliphatic carbocycles. The number of hydrogen-bond donors (Lipinski definition) is 2. The molecule has 96 valence electrons. The molecular formula is C11H19N3O2S. The number of rotatable bonds is 3. The molecule has 1 atom stereocenters. The van der Waals surface area contributed by atoms with Crippen LogP contribution in [0.15, 0.2) is 17.2 Å². The van der Waals surface area contributed by atoms with Crippen molar-refractivity contribution in [1.82, 2.24) is 9.29 Å². The quantitative estimate of drug-likeness (QED) is 0.849. The molecule has 1 fully saturated rings. The molecule has 0 spiro atoms. The van der Waals surface area contributed by atoms with Crippen molar-refractivity contribution in [1.29, 1.82) is 0 Å². The van der Waals surface area contributed by atoms with E-state index in [1.54, 1.807) is 10.4 Å². The predicted molar refractivity (Wildman–Crippen MR) is 65.9 cm³/mol. The second-order valence-corrected chi connectivity index (χ2v) is 6.42. The Bertz CT molecular complexity index is 481. The molecule has 0 aromatic carbocycles. The lowest BCUT2D eigenvalue weighted by Gasteiger charge is -2.31. The molecule has 1 aliphatic heterocycles. The highest BCUT2D eigenvalue weighted by molar-refractivity contribution is 7.89. The van der Waals surface area contributed by atoms with Gasteiger partial charge in [0.05, 0.1) is 4.90 Å². The lowest BCUT2D eigenvalue weighted by molar-refractivity contribution is 0.268. The Morgan fingerprint density at radius 1 is 1.53 bits per heavy atom. The normalized spacial score (nSPS) is 22.8. The van der Waals surface area contributed by atoms with E-state index >= 15 is 0 Å². The van der Waals surface area contributed by atoms with Gasteiger partial charge in [0.1, 0.15) is 0 Å². The van der Waals surface area contributed by atoms with Crippen LogP contribution in [0.3, 0.4) is 0 Å². The van der Waals surface area contributed by atoms with Gasteiger partial charge in [-0.15, -0.1) is 0 Å². The van der Waals surface area contributed by atoms with E-state index in [-0.39, 0.29) is 6.04 Å². The van der Waals surface area contributed by atoms with Gasteiger partial charge in [-0.05, 0) is 25.8 Å². The van der Waals surface area contributed by atoms with Crippen molar-refractivity contribution in [2.45, 2.75) is 43.7 Å². The van der Waals surface area contributed by atoms with Crippen LogP contribution in [-0.4, -0.2) is 30.3 Å². The summed E-state index contributed by atoms with van der Waals surface area (Å²) in [6, 6.07) is 1.71. The van der Waals surface area contributed by atoms with E-state index in [2.05, 4.69) is 4.98 Å². The summed E-state index contributed by atoms with van der Waals surface area (Å²) >= 11 is 0. The average Bonchev–Trinajstić information content (AvgIpc) is 2.78. The van der Waals surface area contributed by atoms with Crippen LogP contribution in [0.4, 0.5) is 0 Å². The Labute approximate surface area is 102 Å². The van der Waals surface area contributed by atoms with E-state index in [1.165, 1.54) is 6.20 Å². The minimum absolute atomic E-state index is 0.0879. The van der Waals surface area contributed by atoms with Gasteiger partial charge < -0.3 is 10.7 Å². The highest BCUT2D eigenvalue weighted by atomic mass is 32.2. The zero-order valence-electron chi connectivity index (χ0n) is 10.0. The van der Waals surface area contributed by atoms with Gasteiger partial charge in [0.15, 0.2) is 0 Å². The first-order chi connectivity index (χ1) is 8.05. The van der Waals surface area contributed by atoms with Crippen molar-refractivity contribution in [3.8, 4) is 0 Å². The van der Waals surface area contributed by atoms with Gasteiger partial charge in [0.2, 0.25) is 10.0 Å². The van der Waals surface area contributed by atoms with Crippen LogP contribution in [0.2, 0.25) is 0 Å². The summed E-state index contributed by atoms with van der Waals surface area (Å²) in [6.07, 6.45) is 4.51. The van der Waals surface area contributed by atoms with E-state index in [1.807, 2.05) is 6.92 Å². The van der Waals surface area contributed by atoms with Crippen LogP contribution >= 0.6 is 0 Å². The molecule has 1 aliphatic rings. The fraction of sp³-hybridized carbons (Fsp3) is 0.636. The molecule has 1 unspecified atom stereocenters. The van der Waals surface area contributed by atoms with Crippen LogP contribution in [0, 0.1) is 0 Å². The molecule has 2 rings (SSSR count). The number of H-pyrrole nitrogens is 1. The number of aromatic nitrogens is 1. The Hall–Kier alpha value is -0.850. The summed E-state index contributed by atoms with van der Waals surface area (Å²) < 4.78 is 26.4. The summed E-state index contributed by atoms with van der Waals surface area (Å²) in [7, 11) is -3.35. The Balaban J connectivity index is 2.28. The fourth-order valence-corrected chi connectivity index (χ4v) is 3.97. The molecule has 0 radical (unpaired) electrons. The molecule has 1 aromatic heterocycles. The molecule has 0 amide bonds. The lowest BCUT2D eigenvalue weighted by Crippen LogP contribution is -2.41. The number of aromatic amines is 1. The summed E-state index contributed by atoms with van der Waals surface area (Å²) in [5.41, 5.74) is 6.22. The zero-order chi connectivity index (χ0) is 12.5. The average molecular weight is 257 g/mol. The largest absolute Gasteiger partial charge is 0.363 e. The molecule has 17 heavy (non-hydrogen) atoms. The van der Waals surface area contributed by atoms with Crippen molar-refractivity contribution in [2.75, 3.05) is 6.54 Å². The monoisotopic (exact) mass is 257 g/mol. The first-order valence-electron chi connectivity index (χ1n) is 5.95. The Morgan fingerprint density at radius 3 is 2.88 bits per heavy atom. The summed E-state index contributed by atoms with van der Waals surface area (Å²) in [4.78, 5) is 3.21. The Kier molecular flexibility index (Phi) is 3.56. The standard InChI is InChI=1S/C11H19N3O2S/c1-9-4-2-3-5-14(9)17(15,16)11-6-10(7-12)13-8-11/h6,8-9,13H,2-5,7,12H2,1H3. The molecule has 5 nitrogen and oxygen atoms in total. The predicted octanol–water partition coefficient (Wildman–Crippen LogP) is 1.04. The van der Waals surface area contributed by atoms with Gasteiger partial charge in [-0.25, -0.2) is 8.42 Å².